The van der Waals surface area contributed by atoms with E-state index in [1.165, 1.54) is 11.1 Å². The molecule has 21 heavy (non-hydrogen) atoms. The molecule has 2 heterocycles. The van der Waals surface area contributed by atoms with E-state index in [1.54, 1.807) is 26.0 Å². The van der Waals surface area contributed by atoms with E-state index in [4.69, 9.17) is 5.73 Å². The van der Waals surface area contributed by atoms with Crippen LogP contribution in [0.15, 0.2) is 18.3 Å². The molecule has 0 aromatic carbocycles. The van der Waals surface area contributed by atoms with Crippen molar-refractivity contribution in [3.63, 3.8) is 0 Å². The van der Waals surface area contributed by atoms with Crippen LogP contribution in [0.5, 0.6) is 0 Å². The standard InChI is InChI=1S/C12H15N5O3.ClH/c1-12(2)10(19)16-11(20)17(12)6-9(18)15-7-3-4-8(13)14-5-7;/h3-5H,6H2,1-2H3,(H2,13,14)(H,15,18)(H,16,19,20);1H. The molecule has 1 aromatic heterocycles. The maximum absolute atomic E-state index is 11.9. The number of rotatable bonds is 3. The second kappa shape index (κ2) is 5.96. The molecule has 1 aliphatic heterocycles. The monoisotopic (exact) mass is 313 g/mol. The van der Waals surface area contributed by atoms with E-state index in [2.05, 4.69) is 15.6 Å². The summed E-state index contributed by atoms with van der Waals surface area (Å²) in [6.45, 7) is 2.92. The van der Waals surface area contributed by atoms with Gasteiger partial charge >= 0.3 is 6.03 Å². The van der Waals surface area contributed by atoms with Crippen molar-refractivity contribution in [1.82, 2.24) is 15.2 Å². The predicted octanol–water partition coefficient (Wildman–Crippen LogP) is 0.355. The van der Waals surface area contributed by atoms with Gasteiger partial charge in [0.15, 0.2) is 0 Å². The molecule has 1 saturated heterocycles. The molecule has 0 radical (unpaired) electrons. The van der Waals surface area contributed by atoms with Gasteiger partial charge in [-0.25, -0.2) is 9.78 Å². The number of pyridine rings is 1. The molecule has 1 aliphatic rings. The van der Waals surface area contributed by atoms with Crippen molar-refractivity contribution in [2.45, 2.75) is 19.4 Å². The number of imide groups is 1. The van der Waals surface area contributed by atoms with Crippen molar-refractivity contribution in [3.05, 3.63) is 18.3 Å². The molecule has 0 aliphatic carbocycles. The largest absolute Gasteiger partial charge is 0.384 e. The second-order valence-electron chi connectivity index (χ2n) is 4.92. The number of halogens is 1. The SMILES string of the molecule is CC1(C)C(=O)NC(=O)N1CC(=O)Nc1ccc(N)nc1.Cl. The van der Waals surface area contributed by atoms with Gasteiger partial charge in [-0.05, 0) is 26.0 Å². The third kappa shape index (κ3) is 3.40. The lowest BCUT2D eigenvalue weighted by atomic mass is 10.0. The Labute approximate surface area is 127 Å². The third-order valence-corrected chi connectivity index (χ3v) is 3.07. The van der Waals surface area contributed by atoms with E-state index >= 15 is 0 Å². The van der Waals surface area contributed by atoms with E-state index in [0.29, 0.717) is 11.5 Å². The summed E-state index contributed by atoms with van der Waals surface area (Å²) in [7, 11) is 0. The maximum atomic E-state index is 11.9. The number of hydrogen-bond donors (Lipinski definition) is 3. The smallest absolute Gasteiger partial charge is 0.325 e. The topological polar surface area (TPSA) is 117 Å². The Morgan fingerprint density at radius 2 is 2.10 bits per heavy atom. The molecule has 1 fully saturated rings. The van der Waals surface area contributed by atoms with Gasteiger partial charge in [-0.3, -0.25) is 14.9 Å². The van der Waals surface area contributed by atoms with Gasteiger partial charge in [0.2, 0.25) is 5.91 Å². The number of nitrogens with zero attached hydrogens (tertiary/aromatic N) is 2. The molecular weight excluding hydrogens is 298 g/mol. The molecule has 4 amide bonds. The van der Waals surface area contributed by atoms with Gasteiger partial charge in [-0.15, -0.1) is 12.4 Å². The fourth-order valence-electron chi connectivity index (χ4n) is 1.79. The summed E-state index contributed by atoms with van der Waals surface area (Å²) in [4.78, 5) is 40.1. The van der Waals surface area contributed by atoms with Crippen molar-refractivity contribution in [1.29, 1.82) is 0 Å². The van der Waals surface area contributed by atoms with Gasteiger partial charge in [0, 0.05) is 0 Å². The highest BCUT2D eigenvalue weighted by atomic mass is 35.5. The highest BCUT2D eigenvalue weighted by Crippen LogP contribution is 2.20. The molecule has 8 nitrogen and oxygen atoms in total. The molecule has 4 N–H and O–H groups in total. The van der Waals surface area contributed by atoms with Crippen LogP contribution in [0.4, 0.5) is 16.3 Å². The van der Waals surface area contributed by atoms with Crippen LogP contribution >= 0.6 is 12.4 Å². The minimum absolute atomic E-state index is 0. The number of amides is 4. The number of urea groups is 1. The first-order chi connectivity index (χ1) is 9.30. The quantitative estimate of drug-likeness (QED) is 0.696. The van der Waals surface area contributed by atoms with E-state index in [-0.39, 0.29) is 19.0 Å². The molecule has 114 valence electrons. The zero-order chi connectivity index (χ0) is 14.9. The first-order valence-electron chi connectivity index (χ1n) is 5.95. The number of anilines is 2. The average molecular weight is 314 g/mol. The Hall–Kier alpha value is -2.35. The van der Waals surface area contributed by atoms with Crippen LogP contribution in [-0.4, -0.2) is 39.8 Å². The number of nitrogens with one attached hydrogen (secondary N) is 2. The van der Waals surface area contributed by atoms with Crippen LogP contribution in [0.3, 0.4) is 0 Å². The van der Waals surface area contributed by atoms with E-state index in [1.807, 2.05) is 0 Å². The molecule has 2 rings (SSSR count). The van der Waals surface area contributed by atoms with Crippen LogP contribution in [0.25, 0.3) is 0 Å². The lowest BCUT2D eigenvalue weighted by Crippen LogP contribution is -2.47. The van der Waals surface area contributed by atoms with Crippen LogP contribution in [0.1, 0.15) is 13.8 Å². The van der Waals surface area contributed by atoms with E-state index in [9.17, 15) is 14.4 Å². The molecular formula is C12H16ClN5O3. The van der Waals surface area contributed by atoms with Gasteiger partial charge in [-0.1, -0.05) is 0 Å². The fourth-order valence-corrected chi connectivity index (χ4v) is 1.79. The van der Waals surface area contributed by atoms with Gasteiger partial charge in [0.1, 0.15) is 17.9 Å². The van der Waals surface area contributed by atoms with Crippen molar-refractivity contribution in [2.75, 3.05) is 17.6 Å². The molecule has 0 spiro atoms. The van der Waals surface area contributed by atoms with Crippen LogP contribution in [-0.2, 0) is 9.59 Å². The summed E-state index contributed by atoms with van der Waals surface area (Å²) in [6, 6.07) is 2.57. The summed E-state index contributed by atoms with van der Waals surface area (Å²) in [5.74, 6) is -0.507. The number of carbonyl (C=O) groups is 3. The maximum Gasteiger partial charge on any atom is 0.325 e. The van der Waals surface area contributed by atoms with Gasteiger partial charge in [-0.2, -0.15) is 0 Å². The third-order valence-electron chi connectivity index (χ3n) is 3.07. The summed E-state index contributed by atoms with van der Waals surface area (Å²) in [5.41, 5.74) is 4.85. The highest BCUT2D eigenvalue weighted by molar-refractivity contribution is 6.08. The first kappa shape index (κ1) is 16.7. The summed E-state index contributed by atoms with van der Waals surface area (Å²) in [6.07, 6.45) is 1.41. The Bertz CT molecular complexity index is 573. The lowest BCUT2D eigenvalue weighted by Gasteiger charge is -2.27. The molecule has 0 unspecified atom stereocenters. The normalized spacial score (nSPS) is 16.2. The number of aromatic nitrogens is 1. The van der Waals surface area contributed by atoms with Gasteiger partial charge in [0.25, 0.3) is 5.91 Å². The minimum atomic E-state index is -1.05. The summed E-state index contributed by atoms with van der Waals surface area (Å²) < 4.78 is 0. The van der Waals surface area contributed by atoms with Crippen molar-refractivity contribution in [2.24, 2.45) is 0 Å². The Kier molecular flexibility index (Phi) is 4.74. The van der Waals surface area contributed by atoms with Crippen LogP contribution < -0.4 is 16.4 Å². The molecule has 0 saturated carbocycles. The zero-order valence-electron chi connectivity index (χ0n) is 11.5. The number of hydrogen-bond acceptors (Lipinski definition) is 5. The summed E-state index contributed by atoms with van der Waals surface area (Å²) in [5, 5.41) is 4.75. The molecule has 0 atom stereocenters. The number of nitrogen functional groups attached to an aromatic ring is 1. The summed E-state index contributed by atoms with van der Waals surface area (Å²) >= 11 is 0. The van der Waals surface area contributed by atoms with Crippen molar-refractivity contribution < 1.29 is 14.4 Å². The first-order valence-corrected chi connectivity index (χ1v) is 5.95. The van der Waals surface area contributed by atoms with Crippen LogP contribution in [0, 0.1) is 0 Å². The Morgan fingerprint density at radius 3 is 2.57 bits per heavy atom. The van der Waals surface area contributed by atoms with Gasteiger partial charge in [0.05, 0.1) is 11.9 Å². The minimum Gasteiger partial charge on any atom is -0.384 e. The molecule has 0 bridgehead atoms. The Balaban J connectivity index is 0.00000220. The van der Waals surface area contributed by atoms with Crippen molar-refractivity contribution in [3.8, 4) is 0 Å². The van der Waals surface area contributed by atoms with E-state index in [0.717, 1.165) is 0 Å². The number of carbonyl (C=O) groups excluding carboxylic acids is 3. The average Bonchev–Trinajstić information content (AvgIpc) is 2.55. The number of nitrogens with two attached hydrogens (primary N) is 1. The molecule has 1 aromatic rings. The van der Waals surface area contributed by atoms with Crippen molar-refractivity contribution >= 4 is 41.8 Å². The second-order valence-corrected chi connectivity index (χ2v) is 4.92. The highest BCUT2D eigenvalue weighted by Gasteiger charge is 2.46. The Morgan fingerprint density at radius 1 is 1.43 bits per heavy atom. The van der Waals surface area contributed by atoms with Crippen LogP contribution in [0.2, 0.25) is 0 Å². The lowest BCUT2D eigenvalue weighted by molar-refractivity contribution is -0.126. The zero-order valence-corrected chi connectivity index (χ0v) is 12.4. The molecule has 9 heteroatoms. The van der Waals surface area contributed by atoms with Gasteiger partial charge < -0.3 is 16.0 Å². The predicted molar refractivity (Wildman–Crippen MR) is 78.9 cm³/mol. The van der Waals surface area contributed by atoms with E-state index < -0.39 is 23.4 Å². The fraction of sp³-hybridized carbons (Fsp3) is 0.333.